The highest BCUT2D eigenvalue weighted by molar-refractivity contribution is 7.21. The summed E-state index contributed by atoms with van der Waals surface area (Å²) >= 11 is 1.30. The number of aryl methyl sites for hydroxylation is 1. The zero-order valence-corrected chi connectivity index (χ0v) is 22.9. The molecular formula is C32H30N4O3S. The molecule has 0 spiro atoms. The van der Waals surface area contributed by atoms with Gasteiger partial charge in [-0.25, -0.2) is 9.97 Å². The van der Waals surface area contributed by atoms with E-state index in [9.17, 15) is 9.59 Å². The zero-order valence-electron chi connectivity index (χ0n) is 24.1. The molecule has 0 bridgehead atoms. The van der Waals surface area contributed by atoms with Gasteiger partial charge in [-0.05, 0) is 42.5 Å². The predicted molar refractivity (Wildman–Crippen MR) is 159 cm³/mol. The van der Waals surface area contributed by atoms with Crippen molar-refractivity contribution in [3.63, 3.8) is 0 Å². The molecule has 0 aliphatic carbocycles. The Balaban J connectivity index is 1.35. The van der Waals surface area contributed by atoms with E-state index in [4.69, 9.17) is 17.4 Å². The number of thiazole rings is 1. The first-order chi connectivity index (χ1) is 20.3. The quantitative estimate of drug-likeness (QED) is 0.232. The molecule has 202 valence electrons. The van der Waals surface area contributed by atoms with Gasteiger partial charge in [0, 0.05) is 21.3 Å². The minimum Gasteiger partial charge on any atom is -0.497 e. The van der Waals surface area contributed by atoms with Gasteiger partial charge in [-0.2, -0.15) is 0 Å². The highest BCUT2D eigenvalue weighted by atomic mass is 32.1. The van der Waals surface area contributed by atoms with Gasteiger partial charge in [0.25, 0.3) is 5.56 Å². The number of aromatic nitrogens is 3. The first-order valence-corrected chi connectivity index (χ1v) is 14.1. The predicted octanol–water partition coefficient (Wildman–Crippen LogP) is 5.75. The van der Waals surface area contributed by atoms with Crippen LogP contribution in [0.25, 0.3) is 21.7 Å². The molecule has 6 rings (SSSR count). The van der Waals surface area contributed by atoms with Crippen LogP contribution in [0.3, 0.4) is 0 Å². The van der Waals surface area contributed by atoms with Crippen LogP contribution in [0, 0.1) is 0 Å². The summed E-state index contributed by atoms with van der Waals surface area (Å²) in [7, 11) is 1.61. The first kappa shape index (κ1) is 23.6. The average Bonchev–Trinajstić information content (AvgIpc) is 3.67. The maximum atomic E-state index is 13.9. The van der Waals surface area contributed by atoms with Crippen LogP contribution in [0.15, 0.2) is 89.7 Å². The molecule has 3 aromatic carbocycles. The van der Waals surface area contributed by atoms with E-state index < -0.39 is 12.4 Å². The zero-order chi connectivity index (χ0) is 29.3. The number of nitrogens with zero attached hydrogens (tertiary/aromatic N) is 4. The van der Waals surface area contributed by atoms with Gasteiger partial charge < -0.3 is 9.64 Å². The van der Waals surface area contributed by atoms with Gasteiger partial charge in [-0.3, -0.25) is 14.2 Å². The number of carbonyl (C=O) groups excluding carboxylic acids is 1. The normalized spacial score (nSPS) is 16.1. The van der Waals surface area contributed by atoms with Crippen molar-refractivity contribution in [1.29, 1.82) is 0 Å². The summed E-state index contributed by atoms with van der Waals surface area (Å²) in [4.78, 5) is 39.5. The molecule has 1 saturated heterocycles. The molecule has 1 atom stereocenters. The number of hydrogen-bond donors (Lipinski definition) is 0. The Bertz CT molecular complexity index is 1770. The van der Waals surface area contributed by atoms with Gasteiger partial charge in [-0.15, -0.1) is 0 Å². The first-order valence-electron chi connectivity index (χ1n) is 14.3. The van der Waals surface area contributed by atoms with Gasteiger partial charge >= 0.3 is 0 Å². The highest BCUT2D eigenvalue weighted by Gasteiger charge is 2.33. The van der Waals surface area contributed by atoms with Crippen molar-refractivity contribution in [2.24, 2.45) is 0 Å². The fraction of sp³-hybridized carbons (Fsp3) is 0.250. The Hall–Kier alpha value is -4.30. The van der Waals surface area contributed by atoms with E-state index in [1.165, 1.54) is 11.3 Å². The monoisotopic (exact) mass is 552 g/mol. The molecule has 0 unspecified atom stereocenters. The van der Waals surface area contributed by atoms with Gasteiger partial charge in [0.05, 0.1) is 19.7 Å². The summed E-state index contributed by atoms with van der Waals surface area (Å²) < 4.78 is 24.0. The third kappa shape index (κ3) is 5.27. The molecule has 3 heterocycles. The number of carbonyl (C=O) groups is 1. The number of ketones is 1. The maximum absolute atomic E-state index is 13.9. The van der Waals surface area contributed by atoms with Gasteiger partial charge in [-0.1, -0.05) is 84.1 Å². The van der Waals surface area contributed by atoms with E-state index in [2.05, 4.69) is 0 Å². The molecule has 7 nitrogen and oxygen atoms in total. The van der Waals surface area contributed by atoms with Crippen LogP contribution < -0.4 is 15.2 Å². The van der Waals surface area contributed by atoms with E-state index in [1.54, 1.807) is 35.9 Å². The van der Waals surface area contributed by atoms with Crippen LogP contribution in [-0.4, -0.2) is 40.0 Å². The Morgan fingerprint density at radius 2 is 1.73 bits per heavy atom. The second kappa shape index (κ2) is 11.4. The SMILES string of the molecule is [2H]C([2H])(CC(=O)[C@H]1CCCN1c1nc2c(=O)n(Cc3ccc(OC)cc3)c(-c3ccccc3)nc2s1)c1ccccc1. The van der Waals surface area contributed by atoms with Crippen molar-refractivity contribution in [3.05, 3.63) is 106 Å². The second-order valence-electron chi connectivity index (χ2n) is 9.73. The summed E-state index contributed by atoms with van der Waals surface area (Å²) in [5.41, 5.74) is 2.24. The Morgan fingerprint density at radius 3 is 2.45 bits per heavy atom. The molecule has 0 N–H and O–H groups in total. The van der Waals surface area contributed by atoms with Crippen LogP contribution in [0.4, 0.5) is 5.13 Å². The summed E-state index contributed by atoms with van der Waals surface area (Å²) in [6, 6.07) is 25.5. The lowest BCUT2D eigenvalue weighted by Gasteiger charge is -2.22. The molecular weight excluding hydrogens is 520 g/mol. The van der Waals surface area contributed by atoms with Crippen LogP contribution in [0.1, 0.15) is 33.1 Å². The number of benzene rings is 3. The number of ether oxygens (including phenoxy) is 1. The summed E-state index contributed by atoms with van der Waals surface area (Å²) in [6.07, 6.45) is -0.606. The lowest BCUT2D eigenvalue weighted by Crippen LogP contribution is -2.36. The van der Waals surface area contributed by atoms with Gasteiger partial charge in [0.15, 0.2) is 21.3 Å². The van der Waals surface area contributed by atoms with Crippen molar-refractivity contribution in [2.45, 2.75) is 38.2 Å². The standard InChI is InChI=1S/C32H30N4O3S/c1-39-25-17-14-23(15-18-25)21-36-29(24-11-6-3-7-12-24)34-30-28(31(36)38)33-32(40-30)35-20-8-13-26(35)27(37)19-16-22-9-4-2-5-10-22/h2-7,9-12,14-15,17-18,26H,8,13,16,19-21H2,1H3/t26-/m1/s1/i16D2. The Kier molecular flexibility index (Phi) is 6.74. The number of Topliss-reactive ketones (excluding diaryl/α,β-unsaturated/α-hetero) is 1. The van der Waals surface area contributed by atoms with E-state index >= 15 is 0 Å². The highest BCUT2D eigenvalue weighted by Crippen LogP contribution is 2.33. The van der Waals surface area contributed by atoms with E-state index in [0.717, 1.165) is 23.3 Å². The lowest BCUT2D eigenvalue weighted by atomic mass is 10.0. The van der Waals surface area contributed by atoms with Gasteiger partial charge in [0.1, 0.15) is 11.6 Å². The average molecular weight is 553 g/mol. The van der Waals surface area contributed by atoms with E-state index in [-0.39, 0.29) is 23.3 Å². The Labute approximate surface area is 239 Å². The van der Waals surface area contributed by atoms with E-state index in [1.807, 2.05) is 65.6 Å². The number of methoxy groups -OCH3 is 1. The second-order valence-corrected chi connectivity index (χ2v) is 10.7. The van der Waals surface area contributed by atoms with Crippen LogP contribution >= 0.6 is 11.3 Å². The van der Waals surface area contributed by atoms with Crippen molar-refractivity contribution in [1.82, 2.24) is 14.5 Å². The third-order valence-electron chi connectivity index (χ3n) is 7.15. The van der Waals surface area contributed by atoms with Gasteiger partial charge in [0.2, 0.25) is 0 Å². The molecule has 40 heavy (non-hydrogen) atoms. The molecule has 2 aromatic heterocycles. The Morgan fingerprint density at radius 1 is 1.00 bits per heavy atom. The van der Waals surface area contributed by atoms with Crippen molar-refractivity contribution >= 4 is 32.6 Å². The molecule has 8 heteroatoms. The fourth-order valence-corrected chi connectivity index (χ4v) is 6.09. The topological polar surface area (TPSA) is 77.3 Å². The number of fused-ring (bicyclic) bond motifs is 1. The smallest absolute Gasteiger partial charge is 0.281 e. The summed E-state index contributed by atoms with van der Waals surface area (Å²) in [5.74, 6) is 1.11. The molecule has 1 aliphatic heterocycles. The third-order valence-corrected chi connectivity index (χ3v) is 8.14. The lowest BCUT2D eigenvalue weighted by molar-refractivity contribution is -0.120. The minimum absolute atomic E-state index is 0.171. The molecule has 0 saturated carbocycles. The maximum Gasteiger partial charge on any atom is 0.281 e. The number of rotatable bonds is 9. The molecule has 5 aromatic rings. The fourth-order valence-electron chi connectivity index (χ4n) is 5.08. The van der Waals surface area contributed by atoms with Crippen LogP contribution in [0.5, 0.6) is 5.75 Å². The van der Waals surface area contributed by atoms with Crippen LogP contribution in [0.2, 0.25) is 0 Å². The minimum atomic E-state index is -1.78. The number of anilines is 1. The molecule has 0 amide bonds. The van der Waals surface area contributed by atoms with Crippen molar-refractivity contribution in [3.8, 4) is 17.1 Å². The van der Waals surface area contributed by atoms with E-state index in [0.29, 0.717) is 40.9 Å². The largest absolute Gasteiger partial charge is 0.497 e. The summed E-state index contributed by atoms with van der Waals surface area (Å²) in [6.45, 7) is 0.915. The molecule has 1 aliphatic rings. The summed E-state index contributed by atoms with van der Waals surface area (Å²) in [5, 5.41) is 0.562. The molecule has 0 radical (unpaired) electrons. The van der Waals surface area contributed by atoms with Crippen LogP contribution in [-0.2, 0) is 17.7 Å². The van der Waals surface area contributed by atoms with Crippen molar-refractivity contribution < 1.29 is 12.3 Å². The number of hydrogen-bond acceptors (Lipinski definition) is 7. The molecule has 1 fully saturated rings. The van der Waals surface area contributed by atoms with Crippen molar-refractivity contribution in [2.75, 3.05) is 18.6 Å².